The molecule has 9 nitrogen and oxygen atoms in total. The van der Waals surface area contributed by atoms with E-state index in [1.54, 1.807) is 4.90 Å². The van der Waals surface area contributed by atoms with Crippen molar-refractivity contribution < 1.29 is 18.7 Å². The number of hydrogen-bond donors (Lipinski definition) is 2. The zero-order valence-corrected chi connectivity index (χ0v) is 19.1. The second-order valence-electron chi connectivity index (χ2n) is 8.32. The minimum Gasteiger partial charge on any atom is -0.467 e. The van der Waals surface area contributed by atoms with Gasteiger partial charge in [0.25, 0.3) is 5.22 Å². The van der Waals surface area contributed by atoms with E-state index in [1.165, 1.54) is 7.11 Å². The predicted octanol–water partition coefficient (Wildman–Crippen LogP) is 2.82. The molecule has 0 radical (unpaired) electrons. The van der Waals surface area contributed by atoms with E-state index in [4.69, 9.17) is 14.9 Å². The lowest BCUT2D eigenvalue weighted by molar-refractivity contribution is -0.153. The molecule has 0 fully saturated rings. The van der Waals surface area contributed by atoms with Crippen LogP contribution in [0.2, 0.25) is 0 Å². The van der Waals surface area contributed by atoms with E-state index in [9.17, 15) is 9.59 Å². The van der Waals surface area contributed by atoms with Gasteiger partial charge >= 0.3 is 5.97 Å². The van der Waals surface area contributed by atoms with Crippen molar-refractivity contribution in [2.24, 2.45) is 11.7 Å². The number of nitrogens with zero attached hydrogens (tertiary/aromatic N) is 3. The fourth-order valence-corrected chi connectivity index (χ4v) is 4.72. The van der Waals surface area contributed by atoms with Crippen molar-refractivity contribution in [1.82, 2.24) is 20.1 Å². The first kappa shape index (κ1) is 22.3. The minimum absolute atomic E-state index is 0.0596. The number of thioether (sulfide) groups is 1. The van der Waals surface area contributed by atoms with Gasteiger partial charge in [-0.2, -0.15) is 0 Å². The topological polar surface area (TPSA) is 127 Å². The molecule has 1 aliphatic heterocycles. The number of para-hydroxylation sites is 1. The van der Waals surface area contributed by atoms with Gasteiger partial charge in [-0.3, -0.25) is 4.79 Å². The number of rotatable bonds is 7. The third-order valence-electron chi connectivity index (χ3n) is 5.58. The summed E-state index contributed by atoms with van der Waals surface area (Å²) < 4.78 is 10.6. The lowest BCUT2D eigenvalue weighted by atomic mass is 9.96. The molecule has 32 heavy (non-hydrogen) atoms. The van der Waals surface area contributed by atoms with Gasteiger partial charge in [0.1, 0.15) is 6.04 Å². The lowest BCUT2D eigenvalue weighted by Gasteiger charge is -2.33. The first-order valence-corrected chi connectivity index (χ1v) is 11.5. The molecule has 1 aliphatic rings. The van der Waals surface area contributed by atoms with Gasteiger partial charge in [0.05, 0.1) is 25.4 Å². The van der Waals surface area contributed by atoms with Crippen LogP contribution in [0.25, 0.3) is 10.9 Å². The Hall–Kier alpha value is -2.85. The van der Waals surface area contributed by atoms with Crippen LogP contribution in [0.1, 0.15) is 43.5 Å². The van der Waals surface area contributed by atoms with Crippen LogP contribution in [0.5, 0.6) is 0 Å². The number of carbonyl (C=O) groups is 2. The maximum absolute atomic E-state index is 13.1. The smallest absolute Gasteiger partial charge is 0.328 e. The number of carbonyl (C=O) groups excluding carboxylic acids is 2. The van der Waals surface area contributed by atoms with E-state index in [0.29, 0.717) is 24.8 Å². The first-order valence-electron chi connectivity index (χ1n) is 10.5. The van der Waals surface area contributed by atoms with Gasteiger partial charge < -0.3 is 24.8 Å². The van der Waals surface area contributed by atoms with Crippen molar-refractivity contribution in [1.29, 1.82) is 0 Å². The van der Waals surface area contributed by atoms with Gasteiger partial charge in [-0.05, 0) is 24.0 Å². The molecule has 170 valence electrons. The molecule has 0 saturated heterocycles. The molecule has 1 aromatic carbocycles. The number of amides is 1. The van der Waals surface area contributed by atoms with Crippen LogP contribution in [-0.2, 0) is 27.3 Å². The molecule has 4 rings (SSSR count). The van der Waals surface area contributed by atoms with Crippen molar-refractivity contribution in [2.75, 3.05) is 12.9 Å². The Kier molecular flexibility index (Phi) is 6.52. The number of esters is 1. The summed E-state index contributed by atoms with van der Waals surface area (Å²) in [6.07, 6.45) is 1.13. The zero-order valence-electron chi connectivity index (χ0n) is 18.3. The molecule has 0 spiro atoms. The van der Waals surface area contributed by atoms with Crippen LogP contribution in [0, 0.1) is 5.92 Å². The Morgan fingerprint density at radius 1 is 1.34 bits per heavy atom. The molecule has 1 amide bonds. The van der Waals surface area contributed by atoms with Crippen LogP contribution >= 0.6 is 11.8 Å². The molecule has 3 aromatic rings. The SMILES string of the molecule is COC(=O)[C@H]1Cc2c([nH]c3ccccc23)CN1C(=O)CSc1nnc([C@@H](N)CC(C)C)o1. The van der Waals surface area contributed by atoms with Gasteiger partial charge in [0, 0.05) is 23.0 Å². The minimum atomic E-state index is -0.683. The summed E-state index contributed by atoms with van der Waals surface area (Å²) >= 11 is 1.14. The van der Waals surface area contributed by atoms with Crippen LogP contribution in [-0.4, -0.2) is 50.9 Å². The molecule has 2 aromatic heterocycles. The summed E-state index contributed by atoms with van der Waals surface area (Å²) in [6, 6.07) is 6.90. The number of aromatic amines is 1. The summed E-state index contributed by atoms with van der Waals surface area (Å²) in [5.74, 6) is 0.185. The number of nitrogens with one attached hydrogen (secondary N) is 1. The third kappa shape index (κ3) is 4.51. The van der Waals surface area contributed by atoms with Crippen LogP contribution in [0.15, 0.2) is 33.9 Å². The number of methoxy groups -OCH3 is 1. The average Bonchev–Trinajstić information content (AvgIpc) is 3.40. The highest BCUT2D eigenvalue weighted by atomic mass is 32.2. The summed E-state index contributed by atoms with van der Waals surface area (Å²) in [5, 5.41) is 9.34. The number of ether oxygens (including phenoxy) is 1. The van der Waals surface area contributed by atoms with Gasteiger partial charge in [-0.15, -0.1) is 10.2 Å². The van der Waals surface area contributed by atoms with E-state index in [-0.39, 0.29) is 22.9 Å². The molecule has 0 saturated carbocycles. The Morgan fingerprint density at radius 3 is 2.88 bits per heavy atom. The van der Waals surface area contributed by atoms with Crippen molar-refractivity contribution in [3.63, 3.8) is 0 Å². The summed E-state index contributed by atoms with van der Waals surface area (Å²) in [7, 11) is 1.34. The van der Waals surface area contributed by atoms with Gasteiger partial charge in [0.2, 0.25) is 11.8 Å². The van der Waals surface area contributed by atoms with E-state index >= 15 is 0 Å². The van der Waals surface area contributed by atoms with E-state index < -0.39 is 12.0 Å². The zero-order chi connectivity index (χ0) is 22.8. The van der Waals surface area contributed by atoms with Crippen molar-refractivity contribution >= 4 is 34.5 Å². The van der Waals surface area contributed by atoms with Crippen molar-refractivity contribution in [3.05, 3.63) is 41.4 Å². The number of fused-ring (bicyclic) bond motifs is 3. The van der Waals surface area contributed by atoms with Gasteiger partial charge in [0.15, 0.2) is 0 Å². The second kappa shape index (κ2) is 9.33. The molecule has 3 heterocycles. The Balaban J connectivity index is 1.48. The Bertz CT molecular complexity index is 1120. The first-order chi connectivity index (χ1) is 15.4. The molecular formula is C22H27N5O4S. The maximum Gasteiger partial charge on any atom is 0.328 e. The predicted molar refractivity (Wildman–Crippen MR) is 120 cm³/mol. The molecular weight excluding hydrogens is 430 g/mol. The number of H-pyrrole nitrogens is 1. The van der Waals surface area contributed by atoms with Crippen molar-refractivity contribution in [2.45, 2.75) is 50.5 Å². The van der Waals surface area contributed by atoms with Crippen LogP contribution < -0.4 is 5.73 Å². The highest BCUT2D eigenvalue weighted by molar-refractivity contribution is 7.99. The fraction of sp³-hybridized carbons (Fsp3) is 0.455. The van der Waals surface area contributed by atoms with E-state index in [2.05, 4.69) is 29.0 Å². The largest absolute Gasteiger partial charge is 0.467 e. The Morgan fingerprint density at radius 2 is 2.12 bits per heavy atom. The molecule has 2 atom stereocenters. The molecule has 3 N–H and O–H groups in total. The molecule has 0 bridgehead atoms. The lowest BCUT2D eigenvalue weighted by Crippen LogP contribution is -2.49. The standard InChI is InChI=1S/C22H27N5O4S/c1-12(2)8-15(23)20-25-26-22(31-20)32-11-19(28)27-10-17-14(9-18(27)21(29)30-3)13-6-4-5-7-16(13)24-17/h4-7,12,15,18,24H,8-11,23H2,1-3H3/t15-,18+/m0/s1. The number of aromatic nitrogens is 3. The highest BCUT2D eigenvalue weighted by Gasteiger charge is 2.37. The number of hydrogen-bond acceptors (Lipinski definition) is 8. The van der Waals surface area contributed by atoms with Crippen LogP contribution in [0.3, 0.4) is 0 Å². The average molecular weight is 458 g/mol. The normalized spacial score (nSPS) is 16.9. The van der Waals surface area contributed by atoms with Crippen LogP contribution in [0.4, 0.5) is 0 Å². The summed E-state index contributed by atoms with van der Waals surface area (Å²) in [5.41, 5.74) is 9.06. The molecule has 0 unspecified atom stereocenters. The van der Waals surface area contributed by atoms with E-state index in [0.717, 1.165) is 40.3 Å². The Labute approximate surface area is 190 Å². The number of nitrogens with two attached hydrogens (primary N) is 1. The molecule has 0 aliphatic carbocycles. The third-order valence-corrected chi connectivity index (χ3v) is 6.38. The van der Waals surface area contributed by atoms with E-state index in [1.807, 2.05) is 24.3 Å². The monoisotopic (exact) mass is 457 g/mol. The molecule has 10 heteroatoms. The number of benzene rings is 1. The fourth-order valence-electron chi connectivity index (χ4n) is 4.06. The van der Waals surface area contributed by atoms with Crippen molar-refractivity contribution in [3.8, 4) is 0 Å². The maximum atomic E-state index is 13.1. The second-order valence-corrected chi connectivity index (χ2v) is 9.25. The van der Waals surface area contributed by atoms with Gasteiger partial charge in [-0.1, -0.05) is 43.8 Å². The summed E-state index contributed by atoms with van der Waals surface area (Å²) in [4.78, 5) is 30.5. The highest BCUT2D eigenvalue weighted by Crippen LogP contribution is 2.31. The van der Waals surface area contributed by atoms with Gasteiger partial charge in [-0.25, -0.2) is 4.79 Å². The summed E-state index contributed by atoms with van der Waals surface area (Å²) in [6.45, 7) is 4.44. The quantitative estimate of drug-likeness (QED) is 0.409.